The molecule has 0 aromatic carbocycles. The molecule has 1 heterocycles. The first-order valence-corrected chi connectivity index (χ1v) is 5.91. The van der Waals surface area contributed by atoms with Gasteiger partial charge in [0.15, 0.2) is 0 Å². The Balaban J connectivity index is 2.34. The number of nitrogens with zero attached hydrogens (tertiary/aromatic N) is 3. The molecule has 1 aliphatic rings. The van der Waals surface area contributed by atoms with Gasteiger partial charge in [-0.3, -0.25) is 9.69 Å². The molecule has 0 aliphatic carbocycles. The first-order chi connectivity index (χ1) is 7.54. The fourth-order valence-electron chi connectivity index (χ4n) is 1.70. The zero-order chi connectivity index (χ0) is 12.1. The Morgan fingerprint density at radius 1 is 1.38 bits per heavy atom. The van der Waals surface area contributed by atoms with Crippen molar-refractivity contribution in [2.45, 2.75) is 13.0 Å². The summed E-state index contributed by atoms with van der Waals surface area (Å²) in [6.07, 6.45) is 0. The zero-order valence-electron chi connectivity index (χ0n) is 10.6. The van der Waals surface area contributed by atoms with E-state index in [4.69, 9.17) is 5.73 Å². The van der Waals surface area contributed by atoms with Crippen LogP contribution in [0.1, 0.15) is 6.92 Å². The lowest BCUT2D eigenvalue weighted by Crippen LogP contribution is -2.51. The van der Waals surface area contributed by atoms with Crippen LogP contribution in [-0.4, -0.2) is 80.0 Å². The van der Waals surface area contributed by atoms with E-state index in [1.165, 1.54) is 0 Å². The van der Waals surface area contributed by atoms with Crippen LogP contribution in [0.4, 0.5) is 0 Å². The maximum atomic E-state index is 12.0. The Kier molecular flexibility index (Phi) is 5.18. The molecule has 1 amide bonds. The molecular formula is C11H24N4O. The van der Waals surface area contributed by atoms with E-state index in [-0.39, 0.29) is 11.9 Å². The number of hydrogen-bond donors (Lipinski definition) is 1. The molecule has 5 nitrogen and oxygen atoms in total. The van der Waals surface area contributed by atoms with Crippen molar-refractivity contribution in [1.82, 2.24) is 14.7 Å². The highest BCUT2D eigenvalue weighted by atomic mass is 16.2. The van der Waals surface area contributed by atoms with Crippen LogP contribution in [0.2, 0.25) is 0 Å². The molecular weight excluding hydrogens is 204 g/mol. The molecule has 0 spiro atoms. The van der Waals surface area contributed by atoms with Crippen LogP contribution in [0.3, 0.4) is 0 Å². The van der Waals surface area contributed by atoms with Crippen molar-refractivity contribution < 1.29 is 4.79 Å². The molecule has 5 heteroatoms. The van der Waals surface area contributed by atoms with Gasteiger partial charge in [0.2, 0.25) is 5.91 Å². The third-order valence-corrected chi connectivity index (χ3v) is 3.33. The minimum atomic E-state index is 0.218. The van der Waals surface area contributed by atoms with Crippen molar-refractivity contribution in [2.75, 3.05) is 53.4 Å². The smallest absolute Gasteiger partial charge is 0.236 e. The predicted molar refractivity (Wildman–Crippen MR) is 65.2 cm³/mol. The molecule has 0 aromatic heterocycles. The molecule has 1 unspecified atom stereocenters. The topological polar surface area (TPSA) is 52.8 Å². The van der Waals surface area contributed by atoms with E-state index < -0.39 is 0 Å². The summed E-state index contributed by atoms with van der Waals surface area (Å²) in [5, 5.41) is 0. The maximum absolute atomic E-state index is 12.0. The Labute approximate surface area is 98.2 Å². The molecule has 0 radical (unpaired) electrons. The summed E-state index contributed by atoms with van der Waals surface area (Å²) in [5.41, 5.74) is 5.57. The standard InChI is InChI=1S/C11H24N4O/c1-10(8-12)14(3)9-11(16)15-6-4-13(2)5-7-15/h10H,4-9,12H2,1-3H3. The quantitative estimate of drug-likeness (QED) is 0.673. The Bertz CT molecular complexity index is 226. The lowest BCUT2D eigenvalue weighted by atomic mass is 10.2. The van der Waals surface area contributed by atoms with Crippen LogP contribution in [0, 0.1) is 0 Å². The van der Waals surface area contributed by atoms with Crippen LogP contribution in [0.5, 0.6) is 0 Å². The average molecular weight is 228 g/mol. The molecule has 1 fully saturated rings. The van der Waals surface area contributed by atoms with E-state index in [0.29, 0.717) is 13.1 Å². The van der Waals surface area contributed by atoms with Gasteiger partial charge in [-0.15, -0.1) is 0 Å². The van der Waals surface area contributed by atoms with Gasteiger partial charge in [0.05, 0.1) is 6.54 Å². The fourth-order valence-corrected chi connectivity index (χ4v) is 1.70. The minimum Gasteiger partial charge on any atom is -0.339 e. The highest BCUT2D eigenvalue weighted by Gasteiger charge is 2.21. The molecule has 16 heavy (non-hydrogen) atoms. The largest absolute Gasteiger partial charge is 0.339 e. The first-order valence-electron chi connectivity index (χ1n) is 5.91. The summed E-state index contributed by atoms with van der Waals surface area (Å²) in [6.45, 7) is 6.75. The zero-order valence-corrected chi connectivity index (χ0v) is 10.6. The lowest BCUT2D eigenvalue weighted by molar-refractivity contribution is -0.134. The normalized spacial score (nSPS) is 20.2. The van der Waals surface area contributed by atoms with Crippen LogP contribution in [0.15, 0.2) is 0 Å². The van der Waals surface area contributed by atoms with Gasteiger partial charge in [-0.2, -0.15) is 0 Å². The molecule has 0 saturated carbocycles. The number of carbonyl (C=O) groups excluding carboxylic acids is 1. The molecule has 94 valence electrons. The molecule has 1 atom stereocenters. The van der Waals surface area contributed by atoms with E-state index in [1.54, 1.807) is 0 Å². The van der Waals surface area contributed by atoms with Crippen LogP contribution < -0.4 is 5.73 Å². The van der Waals surface area contributed by atoms with Crippen LogP contribution in [-0.2, 0) is 4.79 Å². The molecule has 1 aliphatic heterocycles. The number of rotatable bonds is 4. The highest BCUT2D eigenvalue weighted by molar-refractivity contribution is 5.78. The van der Waals surface area contributed by atoms with Crippen molar-refractivity contribution >= 4 is 5.91 Å². The van der Waals surface area contributed by atoms with Gasteiger partial charge in [0.25, 0.3) is 0 Å². The van der Waals surface area contributed by atoms with E-state index in [2.05, 4.69) is 11.9 Å². The minimum absolute atomic E-state index is 0.218. The van der Waals surface area contributed by atoms with Crippen LogP contribution in [0.25, 0.3) is 0 Å². The number of amides is 1. The number of likely N-dealkylation sites (N-methyl/N-ethyl adjacent to an activating group) is 2. The summed E-state index contributed by atoms with van der Waals surface area (Å²) in [6, 6.07) is 0.261. The van der Waals surface area contributed by atoms with Gasteiger partial charge >= 0.3 is 0 Å². The van der Waals surface area contributed by atoms with Gasteiger partial charge in [-0.25, -0.2) is 0 Å². The van der Waals surface area contributed by atoms with Crippen molar-refractivity contribution in [1.29, 1.82) is 0 Å². The van der Waals surface area contributed by atoms with Crippen LogP contribution >= 0.6 is 0 Å². The van der Waals surface area contributed by atoms with E-state index in [0.717, 1.165) is 26.2 Å². The summed E-state index contributed by atoms with van der Waals surface area (Å²) < 4.78 is 0. The highest BCUT2D eigenvalue weighted by Crippen LogP contribution is 2.02. The van der Waals surface area contributed by atoms with Crippen molar-refractivity contribution in [2.24, 2.45) is 5.73 Å². The van der Waals surface area contributed by atoms with Gasteiger partial charge in [-0.05, 0) is 21.0 Å². The third-order valence-electron chi connectivity index (χ3n) is 3.33. The van der Waals surface area contributed by atoms with Crippen molar-refractivity contribution in [3.63, 3.8) is 0 Å². The number of carbonyl (C=O) groups is 1. The van der Waals surface area contributed by atoms with E-state index >= 15 is 0 Å². The Morgan fingerprint density at radius 3 is 2.44 bits per heavy atom. The maximum Gasteiger partial charge on any atom is 0.236 e. The number of hydrogen-bond acceptors (Lipinski definition) is 4. The second-order valence-electron chi connectivity index (χ2n) is 4.68. The van der Waals surface area contributed by atoms with Gasteiger partial charge < -0.3 is 15.5 Å². The summed E-state index contributed by atoms with van der Waals surface area (Å²) >= 11 is 0. The second-order valence-corrected chi connectivity index (χ2v) is 4.68. The molecule has 1 saturated heterocycles. The van der Waals surface area contributed by atoms with E-state index in [9.17, 15) is 4.79 Å². The van der Waals surface area contributed by atoms with Crippen molar-refractivity contribution in [3.05, 3.63) is 0 Å². The Hall–Kier alpha value is -0.650. The molecule has 0 aromatic rings. The lowest BCUT2D eigenvalue weighted by Gasteiger charge is -2.34. The monoisotopic (exact) mass is 228 g/mol. The second kappa shape index (κ2) is 6.18. The molecule has 1 rings (SSSR count). The van der Waals surface area contributed by atoms with Gasteiger partial charge in [0, 0.05) is 38.8 Å². The number of piperazine rings is 1. The first kappa shape index (κ1) is 13.4. The van der Waals surface area contributed by atoms with Crippen molar-refractivity contribution in [3.8, 4) is 0 Å². The van der Waals surface area contributed by atoms with E-state index in [1.807, 2.05) is 23.8 Å². The summed E-state index contributed by atoms with van der Waals surface area (Å²) in [5.74, 6) is 0.218. The summed E-state index contributed by atoms with van der Waals surface area (Å²) in [4.78, 5) is 18.2. The Morgan fingerprint density at radius 2 is 1.94 bits per heavy atom. The van der Waals surface area contributed by atoms with Gasteiger partial charge in [-0.1, -0.05) is 0 Å². The predicted octanol–water partition coefficient (Wildman–Crippen LogP) is -0.961. The molecule has 2 N–H and O–H groups in total. The average Bonchev–Trinajstić information content (AvgIpc) is 2.28. The van der Waals surface area contributed by atoms with Gasteiger partial charge in [0.1, 0.15) is 0 Å². The molecule has 0 bridgehead atoms. The number of nitrogens with two attached hydrogens (primary N) is 1. The summed E-state index contributed by atoms with van der Waals surface area (Å²) in [7, 11) is 4.04. The SMILES string of the molecule is CC(CN)N(C)CC(=O)N1CCN(C)CC1. The third kappa shape index (κ3) is 3.73. The fraction of sp³-hybridized carbons (Fsp3) is 0.909.